The Hall–Kier alpha value is -1.36. The summed E-state index contributed by atoms with van der Waals surface area (Å²) in [6.07, 6.45) is 0.963. The van der Waals surface area contributed by atoms with Gasteiger partial charge in [0.05, 0.1) is 13.2 Å². The maximum absolute atomic E-state index is 6.36. The van der Waals surface area contributed by atoms with Gasteiger partial charge in [0.2, 0.25) is 0 Å². The van der Waals surface area contributed by atoms with Crippen LogP contribution in [0.5, 0.6) is 5.75 Å². The molecule has 2 aromatic rings. The van der Waals surface area contributed by atoms with Crippen molar-refractivity contribution >= 4 is 11.3 Å². The standard InChI is InChI=1S/C17H24N2OS/c1-4-15(18)17(16-9-6-10-21-16)19(2)12-13-7-5-8-14(11-13)20-3/h5-11,15,17H,4,12,18H2,1-3H3. The predicted molar refractivity (Wildman–Crippen MR) is 89.8 cm³/mol. The highest BCUT2D eigenvalue weighted by Gasteiger charge is 2.24. The van der Waals surface area contributed by atoms with Crippen molar-refractivity contribution in [3.05, 3.63) is 52.2 Å². The van der Waals surface area contributed by atoms with Crippen molar-refractivity contribution < 1.29 is 4.74 Å². The van der Waals surface area contributed by atoms with Crippen LogP contribution in [0.1, 0.15) is 29.8 Å². The first-order valence-corrected chi connectivity index (χ1v) is 8.15. The number of nitrogens with zero attached hydrogens (tertiary/aromatic N) is 1. The molecule has 0 saturated carbocycles. The molecular formula is C17H24N2OS. The maximum atomic E-state index is 6.36. The largest absolute Gasteiger partial charge is 0.497 e. The molecule has 114 valence electrons. The molecule has 0 radical (unpaired) electrons. The van der Waals surface area contributed by atoms with Crippen molar-refractivity contribution in [3.63, 3.8) is 0 Å². The molecular weight excluding hydrogens is 280 g/mol. The molecule has 1 aromatic carbocycles. The highest BCUT2D eigenvalue weighted by molar-refractivity contribution is 7.10. The van der Waals surface area contributed by atoms with Gasteiger partial charge < -0.3 is 10.5 Å². The normalized spacial score (nSPS) is 14.1. The zero-order chi connectivity index (χ0) is 15.2. The van der Waals surface area contributed by atoms with Gasteiger partial charge in [-0.25, -0.2) is 0 Å². The van der Waals surface area contributed by atoms with E-state index in [9.17, 15) is 0 Å². The maximum Gasteiger partial charge on any atom is 0.119 e. The smallest absolute Gasteiger partial charge is 0.119 e. The van der Waals surface area contributed by atoms with Crippen LogP contribution in [0.2, 0.25) is 0 Å². The molecule has 0 aliphatic rings. The monoisotopic (exact) mass is 304 g/mol. The van der Waals surface area contributed by atoms with E-state index in [1.54, 1.807) is 18.4 Å². The van der Waals surface area contributed by atoms with Gasteiger partial charge in [0.1, 0.15) is 5.75 Å². The summed E-state index contributed by atoms with van der Waals surface area (Å²) in [5.74, 6) is 0.897. The van der Waals surface area contributed by atoms with Crippen LogP contribution in [-0.4, -0.2) is 25.1 Å². The van der Waals surface area contributed by atoms with E-state index in [0.29, 0.717) is 0 Å². The molecule has 2 atom stereocenters. The molecule has 1 aromatic heterocycles. The summed E-state index contributed by atoms with van der Waals surface area (Å²) in [5, 5.41) is 2.12. The molecule has 0 bridgehead atoms. The van der Waals surface area contributed by atoms with Gasteiger partial charge in [-0.1, -0.05) is 25.1 Å². The SMILES string of the molecule is CCC(N)C(c1cccs1)N(C)Cc1cccc(OC)c1. The molecule has 0 aliphatic carbocycles. The lowest BCUT2D eigenvalue weighted by molar-refractivity contribution is 0.205. The van der Waals surface area contributed by atoms with Crippen molar-refractivity contribution in [3.8, 4) is 5.75 Å². The quantitative estimate of drug-likeness (QED) is 0.848. The number of nitrogens with two attached hydrogens (primary N) is 1. The Labute approximate surface area is 131 Å². The summed E-state index contributed by atoms with van der Waals surface area (Å²) in [4.78, 5) is 3.66. The number of hydrogen-bond acceptors (Lipinski definition) is 4. The number of hydrogen-bond donors (Lipinski definition) is 1. The summed E-state index contributed by atoms with van der Waals surface area (Å²) in [5.41, 5.74) is 7.60. The fraction of sp³-hybridized carbons (Fsp3) is 0.412. The second kappa shape index (κ2) is 7.59. The van der Waals surface area contributed by atoms with Gasteiger partial charge in [-0.3, -0.25) is 4.90 Å². The van der Waals surface area contributed by atoms with Crippen LogP contribution in [-0.2, 0) is 6.54 Å². The van der Waals surface area contributed by atoms with Crippen molar-refractivity contribution in [1.82, 2.24) is 4.90 Å². The minimum Gasteiger partial charge on any atom is -0.497 e. The first-order valence-electron chi connectivity index (χ1n) is 7.27. The average Bonchev–Trinajstić information content (AvgIpc) is 3.01. The van der Waals surface area contributed by atoms with Crippen LogP contribution in [0.3, 0.4) is 0 Å². The van der Waals surface area contributed by atoms with Gasteiger partial charge in [-0.2, -0.15) is 0 Å². The molecule has 2 unspecified atom stereocenters. The lowest BCUT2D eigenvalue weighted by Crippen LogP contribution is -2.38. The van der Waals surface area contributed by atoms with E-state index in [-0.39, 0.29) is 12.1 Å². The predicted octanol–water partition coefficient (Wildman–Crippen LogP) is 3.67. The molecule has 0 aliphatic heterocycles. The third kappa shape index (κ3) is 4.06. The van der Waals surface area contributed by atoms with E-state index in [1.807, 2.05) is 12.1 Å². The van der Waals surface area contributed by atoms with Crippen molar-refractivity contribution in [2.24, 2.45) is 5.73 Å². The minimum absolute atomic E-state index is 0.138. The van der Waals surface area contributed by atoms with Crippen LogP contribution in [0, 0.1) is 0 Å². The number of thiophene rings is 1. The summed E-state index contributed by atoms with van der Waals surface area (Å²) in [6.45, 7) is 3.00. The summed E-state index contributed by atoms with van der Waals surface area (Å²) in [7, 11) is 3.84. The van der Waals surface area contributed by atoms with Crippen LogP contribution in [0.15, 0.2) is 41.8 Å². The zero-order valence-corrected chi connectivity index (χ0v) is 13.8. The van der Waals surface area contributed by atoms with Gasteiger partial charge in [0.25, 0.3) is 0 Å². The number of benzene rings is 1. The molecule has 0 amide bonds. The van der Waals surface area contributed by atoms with Crippen LogP contribution in [0.4, 0.5) is 0 Å². The van der Waals surface area contributed by atoms with Crippen molar-refractivity contribution in [1.29, 1.82) is 0 Å². The Morgan fingerprint density at radius 1 is 1.29 bits per heavy atom. The van der Waals surface area contributed by atoms with E-state index in [0.717, 1.165) is 18.7 Å². The van der Waals surface area contributed by atoms with Gasteiger partial charge >= 0.3 is 0 Å². The van der Waals surface area contributed by atoms with E-state index < -0.39 is 0 Å². The highest BCUT2D eigenvalue weighted by atomic mass is 32.1. The molecule has 2 N–H and O–H groups in total. The Balaban J connectivity index is 2.16. The Morgan fingerprint density at radius 3 is 2.71 bits per heavy atom. The van der Waals surface area contributed by atoms with Gasteiger partial charge in [-0.05, 0) is 42.6 Å². The lowest BCUT2D eigenvalue weighted by atomic mass is 10.0. The minimum atomic E-state index is 0.138. The molecule has 0 spiro atoms. The fourth-order valence-electron chi connectivity index (χ4n) is 2.60. The topological polar surface area (TPSA) is 38.5 Å². The van der Waals surface area contributed by atoms with Crippen molar-refractivity contribution in [2.45, 2.75) is 32.0 Å². The molecule has 3 nitrogen and oxygen atoms in total. The van der Waals surface area contributed by atoms with Gasteiger partial charge in [0.15, 0.2) is 0 Å². The Bertz CT molecular complexity index is 541. The van der Waals surface area contributed by atoms with E-state index in [2.05, 4.69) is 48.5 Å². The highest BCUT2D eigenvalue weighted by Crippen LogP contribution is 2.29. The van der Waals surface area contributed by atoms with E-state index >= 15 is 0 Å². The van der Waals surface area contributed by atoms with Crippen LogP contribution < -0.4 is 10.5 Å². The second-order valence-electron chi connectivity index (χ2n) is 5.30. The average molecular weight is 304 g/mol. The Kier molecular flexibility index (Phi) is 5.79. The first kappa shape index (κ1) is 16.0. The third-order valence-corrected chi connectivity index (χ3v) is 4.70. The Morgan fingerprint density at radius 2 is 2.10 bits per heavy atom. The molecule has 1 heterocycles. The lowest BCUT2D eigenvalue weighted by Gasteiger charge is -2.31. The van der Waals surface area contributed by atoms with E-state index in [1.165, 1.54) is 10.4 Å². The summed E-state index contributed by atoms with van der Waals surface area (Å²) >= 11 is 1.77. The summed E-state index contributed by atoms with van der Waals surface area (Å²) < 4.78 is 5.30. The number of ether oxygens (including phenoxy) is 1. The van der Waals surface area contributed by atoms with Gasteiger partial charge in [0, 0.05) is 17.5 Å². The third-order valence-electron chi connectivity index (χ3n) is 3.75. The fourth-order valence-corrected chi connectivity index (χ4v) is 3.56. The number of methoxy groups -OCH3 is 1. The summed E-state index contributed by atoms with van der Waals surface area (Å²) in [6, 6.07) is 12.9. The molecule has 21 heavy (non-hydrogen) atoms. The van der Waals surface area contributed by atoms with Crippen LogP contribution >= 0.6 is 11.3 Å². The zero-order valence-electron chi connectivity index (χ0n) is 13.0. The van der Waals surface area contributed by atoms with E-state index in [4.69, 9.17) is 10.5 Å². The molecule has 4 heteroatoms. The molecule has 2 rings (SSSR count). The van der Waals surface area contributed by atoms with Crippen molar-refractivity contribution in [2.75, 3.05) is 14.2 Å². The number of rotatable bonds is 7. The van der Waals surface area contributed by atoms with Crippen LogP contribution in [0.25, 0.3) is 0 Å². The number of likely N-dealkylation sites (N-methyl/N-ethyl adjacent to an activating group) is 1. The second-order valence-corrected chi connectivity index (χ2v) is 6.28. The molecule has 0 fully saturated rings. The molecule has 0 saturated heterocycles. The first-order chi connectivity index (χ1) is 10.2. The van der Waals surface area contributed by atoms with Gasteiger partial charge in [-0.15, -0.1) is 11.3 Å².